The van der Waals surface area contributed by atoms with E-state index in [4.69, 9.17) is 9.47 Å². The van der Waals surface area contributed by atoms with E-state index in [-0.39, 0.29) is 24.2 Å². The number of hydrogen-bond acceptors (Lipinski definition) is 7. The molecule has 5 aromatic rings. The largest absolute Gasteiger partial charge is 0.473 e. The smallest absolute Gasteiger partial charge is 0.258 e. The number of nitrogens with one attached hydrogen (secondary N) is 2. The van der Waals surface area contributed by atoms with Gasteiger partial charge in [0.25, 0.3) is 11.8 Å². The summed E-state index contributed by atoms with van der Waals surface area (Å²) < 4.78 is 24.3. The molecule has 2 N–H and O–H groups in total. The summed E-state index contributed by atoms with van der Waals surface area (Å²) in [5, 5.41) is 5.70. The molecule has 0 radical (unpaired) electrons. The Morgan fingerprint density at radius 1 is 0.735 bits per heavy atom. The van der Waals surface area contributed by atoms with E-state index in [9.17, 15) is 14.0 Å². The number of aryl methyl sites for hydroxylation is 1. The van der Waals surface area contributed by atoms with Crippen molar-refractivity contribution in [2.24, 2.45) is 5.92 Å². The highest BCUT2D eigenvalue weighted by Gasteiger charge is 2.15. The Kier molecular flexibility index (Phi) is 12.8. The van der Waals surface area contributed by atoms with Gasteiger partial charge in [0.2, 0.25) is 11.8 Å². The minimum atomic E-state index is -0.293. The SMILES string of the molecule is Cc1cccc(COc2ccc(C(=O)Nc3ccccn3)cn2)c1.O=C(NCC1CCCCC1)c1ccc(OCc2cccc(F)c2)nc1. The summed E-state index contributed by atoms with van der Waals surface area (Å²) in [6, 6.07) is 26.4. The van der Waals surface area contributed by atoms with Gasteiger partial charge < -0.3 is 20.1 Å². The van der Waals surface area contributed by atoms with Gasteiger partial charge >= 0.3 is 0 Å². The molecular formula is C39H40FN5O4. The second kappa shape index (κ2) is 18.1. The molecule has 1 aliphatic carbocycles. The number of ether oxygens (including phenoxy) is 2. The van der Waals surface area contributed by atoms with E-state index < -0.39 is 0 Å². The zero-order chi connectivity index (χ0) is 34.3. The van der Waals surface area contributed by atoms with Gasteiger partial charge in [-0.25, -0.2) is 19.3 Å². The minimum absolute atomic E-state index is 0.102. The molecule has 0 unspecified atom stereocenters. The Labute approximate surface area is 286 Å². The van der Waals surface area contributed by atoms with E-state index >= 15 is 0 Å². The van der Waals surface area contributed by atoms with Crippen LogP contribution in [-0.4, -0.2) is 33.3 Å². The second-order valence-electron chi connectivity index (χ2n) is 11.8. The normalized spacial score (nSPS) is 12.6. The van der Waals surface area contributed by atoms with Crippen LogP contribution in [0.1, 0.15) is 69.5 Å². The van der Waals surface area contributed by atoms with E-state index in [0.717, 1.165) is 17.7 Å². The van der Waals surface area contributed by atoms with Crippen molar-refractivity contribution in [1.29, 1.82) is 0 Å². The van der Waals surface area contributed by atoms with Crippen LogP contribution in [0.3, 0.4) is 0 Å². The molecule has 0 saturated heterocycles. The van der Waals surface area contributed by atoms with Crippen LogP contribution in [0.2, 0.25) is 0 Å². The molecule has 1 saturated carbocycles. The van der Waals surface area contributed by atoms with Crippen LogP contribution in [0.25, 0.3) is 0 Å². The molecule has 0 aliphatic heterocycles. The van der Waals surface area contributed by atoms with E-state index in [0.29, 0.717) is 41.2 Å². The third kappa shape index (κ3) is 11.5. The third-order valence-electron chi connectivity index (χ3n) is 7.92. The van der Waals surface area contributed by atoms with Crippen LogP contribution in [0.5, 0.6) is 11.8 Å². The van der Waals surface area contributed by atoms with Crippen LogP contribution in [0.15, 0.2) is 110 Å². The van der Waals surface area contributed by atoms with Crippen LogP contribution >= 0.6 is 0 Å². The first-order valence-corrected chi connectivity index (χ1v) is 16.4. The highest BCUT2D eigenvalue weighted by atomic mass is 19.1. The first kappa shape index (κ1) is 34.7. The lowest BCUT2D eigenvalue weighted by molar-refractivity contribution is 0.0942. The van der Waals surface area contributed by atoms with Gasteiger partial charge in [-0.15, -0.1) is 0 Å². The van der Waals surface area contributed by atoms with Gasteiger partial charge in [-0.05, 0) is 73.2 Å². The Balaban J connectivity index is 0.000000191. The number of anilines is 1. The lowest BCUT2D eigenvalue weighted by atomic mass is 9.89. The lowest BCUT2D eigenvalue weighted by Crippen LogP contribution is -2.30. The number of carbonyl (C=O) groups is 2. The fraction of sp³-hybridized carbons (Fsp3) is 0.256. The average Bonchev–Trinajstić information content (AvgIpc) is 3.14. The topological polar surface area (TPSA) is 115 Å². The maximum Gasteiger partial charge on any atom is 0.258 e. The van der Waals surface area contributed by atoms with Crippen LogP contribution in [0, 0.1) is 18.7 Å². The summed E-state index contributed by atoms with van der Waals surface area (Å²) in [5.74, 6) is 1.33. The Morgan fingerprint density at radius 2 is 1.39 bits per heavy atom. The third-order valence-corrected chi connectivity index (χ3v) is 7.92. The van der Waals surface area contributed by atoms with Crippen molar-refractivity contribution in [3.8, 4) is 11.8 Å². The van der Waals surface area contributed by atoms with Gasteiger partial charge in [-0.1, -0.05) is 67.3 Å². The molecule has 3 heterocycles. The molecule has 252 valence electrons. The van der Waals surface area contributed by atoms with E-state index in [1.807, 2.05) is 31.2 Å². The van der Waals surface area contributed by atoms with Crippen LogP contribution in [0.4, 0.5) is 10.2 Å². The first-order chi connectivity index (χ1) is 23.9. The number of pyridine rings is 3. The molecule has 0 bridgehead atoms. The molecule has 6 rings (SSSR count). The standard InChI is InChI=1S/C20H23FN2O2.C19H17N3O2/c21-18-8-4-7-16(11-18)14-25-19-10-9-17(13-22-19)20(24)23-12-15-5-2-1-3-6-15;1-14-5-4-6-15(11-14)13-24-18-9-8-16(12-21-18)19(23)22-17-7-2-3-10-20-17/h4,7-11,13,15H,1-3,5-6,12,14H2,(H,23,24);2-12H,13H2,1H3,(H,20,22,23). The van der Waals surface area contributed by atoms with Gasteiger partial charge in [0.05, 0.1) is 11.1 Å². The summed E-state index contributed by atoms with van der Waals surface area (Å²) in [4.78, 5) is 36.7. The first-order valence-electron chi connectivity index (χ1n) is 16.4. The number of aromatic nitrogens is 3. The van der Waals surface area contributed by atoms with E-state index in [1.165, 1.54) is 62.2 Å². The van der Waals surface area contributed by atoms with E-state index in [1.54, 1.807) is 54.7 Å². The maximum absolute atomic E-state index is 13.1. The fourth-order valence-electron chi connectivity index (χ4n) is 5.30. The Morgan fingerprint density at radius 3 is 1.98 bits per heavy atom. The monoisotopic (exact) mass is 661 g/mol. The zero-order valence-electron chi connectivity index (χ0n) is 27.5. The quantitative estimate of drug-likeness (QED) is 0.149. The predicted octanol–water partition coefficient (Wildman–Crippen LogP) is 7.73. The lowest BCUT2D eigenvalue weighted by Gasteiger charge is -2.21. The average molecular weight is 662 g/mol. The number of rotatable bonds is 11. The van der Waals surface area contributed by atoms with Crippen LogP contribution in [-0.2, 0) is 13.2 Å². The Bertz CT molecular complexity index is 1780. The fourth-order valence-corrected chi connectivity index (χ4v) is 5.30. The molecule has 0 atom stereocenters. The van der Waals surface area contributed by atoms with Crippen molar-refractivity contribution in [1.82, 2.24) is 20.3 Å². The zero-order valence-corrected chi connectivity index (χ0v) is 27.5. The molecule has 2 amide bonds. The molecule has 10 heteroatoms. The van der Waals surface area contributed by atoms with Crippen molar-refractivity contribution < 1.29 is 23.5 Å². The maximum atomic E-state index is 13.1. The van der Waals surface area contributed by atoms with Crippen molar-refractivity contribution in [3.63, 3.8) is 0 Å². The molecule has 0 spiro atoms. The van der Waals surface area contributed by atoms with Gasteiger partial charge in [0, 0.05) is 37.3 Å². The van der Waals surface area contributed by atoms with Crippen LogP contribution < -0.4 is 20.1 Å². The van der Waals surface area contributed by atoms with Crippen molar-refractivity contribution in [2.75, 3.05) is 11.9 Å². The predicted molar refractivity (Wildman–Crippen MR) is 186 cm³/mol. The number of hydrogen-bond donors (Lipinski definition) is 2. The number of amides is 2. The molecule has 9 nitrogen and oxygen atoms in total. The number of benzene rings is 2. The molecule has 2 aromatic carbocycles. The van der Waals surface area contributed by atoms with Crippen molar-refractivity contribution in [3.05, 3.63) is 143 Å². The number of nitrogens with zero attached hydrogens (tertiary/aromatic N) is 3. The van der Waals surface area contributed by atoms with Gasteiger partial charge in [-0.2, -0.15) is 0 Å². The van der Waals surface area contributed by atoms with Crippen molar-refractivity contribution >= 4 is 17.6 Å². The highest BCUT2D eigenvalue weighted by Crippen LogP contribution is 2.23. The summed E-state index contributed by atoms with van der Waals surface area (Å²) in [6.07, 6.45) is 10.9. The van der Waals surface area contributed by atoms with Gasteiger partial charge in [0.1, 0.15) is 24.8 Å². The summed E-state index contributed by atoms with van der Waals surface area (Å²) in [5.41, 5.74) is 3.97. The van der Waals surface area contributed by atoms with Gasteiger partial charge in [0.15, 0.2) is 0 Å². The summed E-state index contributed by atoms with van der Waals surface area (Å²) >= 11 is 0. The molecule has 1 aliphatic rings. The number of carbonyl (C=O) groups excluding carboxylic acids is 2. The summed E-state index contributed by atoms with van der Waals surface area (Å²) in [7, 11) is 0. The van der Waals surface area contributed by atoms with E-state index in [2.05, 4.69) is 31.7 Å². The minimum Gasteiger partial charge on any atom is -0.473 e. The molecule has 1 fully saturated rings. The second-order valence-corrected chi connectivity index (χ2v) is 11.8. The number of halogens is 1. The molecule has 3 aromatic heterocycles. The van der Waals surface area contributed by atoms with Crippen molar-refractivity contribution in [2.45, 2.75) is 52.2 Å². The molecule has 49 heavy (non-hydrogen) atoms. The van der Waals surface area contributed by atoms with Gasteiger partial charge in [-0.3, -0.25) is 9.59 Å². The summed E-state index contributed by atoms with van der Waals surface area (Å²) in [6.45, 7) is 3.44. The molecular weight excluding hydrogens is 621 g/mol. The Hall–Kier alpha value is -5.64. The highest BCUT2D eigenvalue weighted by molar-refractivity contribution is 6.03.